The maximum atomic E-state index is 11.7. The zero-order chi connectivity index (χ0) is 14.4. The highest BCUT2D eigenvalue weighted by Crippen LogP contribution is 2.19. The van der Waals surface area contributed by atoms with Crippen LogP contribution in [0.5, 0.6) is 0 Å². The average molecular weight is 376 g/mol. The minimum atomic E-state index is -1.06. The maximum Gasteiger partial charge on any atom is 0.337 e. The summed E-state index contributed by atoms with van der Waals surface area (Å²) < 4.78 is 0.806. The lowest BCUT2D eigenvalue weighted by Gasteiger charge is -2.14. The number of hydrogen-bond acceptors (Lipinski definition) is 2. The summed E-state index contributed by atoms with van der Waals surface area (Å²) >= 11 is 2.03. The molecule has 3 N–H and O–H groups in total. The molecule has 0 aliphatic heterocycles. The Morgan fingerprint density at radius 1 is 1.42 bits per heavy atom. The van der Waals surface area contributed by atoms with Crippen LogP contribution in [0.25, 0.3) is 0 Å². The van der Waals surface area contributed by atoms with Gasteiger partial charge in [-0.1, -0.05) is 13.3 Å². The second-order valence-corrected chi connectivity index (χ2v) is 5.53. The first-order valence-corrected chi connectivity index (χ1v) is 7.12. The molecule has 6 heteroatoms. The van der Waals surface area contributed by atoms with Crippen LogP contribution in [-0.2, 0) is 0 Å². The van der Waals surface area contributed by atoms with Crippen molar-refractivity contribution in [2.75, 3.05) is 5.32 Å². The van der Waals surface area contributed by atoms with Crippen molar-refractivity contribution in [3.05, 3.63) is 27.3 Å². The van der Waals surface area contributed by atoms with E-state index in [0.29, 0.717) is 5.69 Å². The molecule has 104 valence electrons. The molecule has 2 amide bonds. The summed E-state index contributed by atoms with van der Waals surface area (Å²) in [5.41, 5.74) is 0.388. The molecule has 0 aliphatic rings. The van der Waals surface area contributed by atoms with Crippen molar-refractivity contribution in [1.82, 2.24) is 5.32 Å². The standard InChI is InChI=1S/C13H17IN2O3/c1-3-4-8(2)15-13(19)16-11-6-5-9(14)7-10(11)12(17)18/h5-8H,3-4H2,1-2H3,(H,17,18)(H2,15,16,19). The van der Waals surface area contributed by atoms with E-state index in [-0.39, 0.29) is 17.6 Å². The van der Waals surface area contributed by atoms with Crippen molar-refractivity contribution in [1.29, 1.82) is 0 Å². The fraction of sp³-hybridized carbons (Fsp3) is 0.385. The van der Waals surface area contributed by atoms with Crippen LogP contribution in [0.15, 0.2) is 18.2 Å². The Kier molecular flexibility index (Phi) is 6.07. The summed E-state index contributed by atoms with van der Waals surface area (Å²) in [6.45, 7) is 3.95. The Balaban J connectivity index is 2.76. The van der Waals surface area contributed by atoms with E-state index in [1.807, 2.05) is 36.4 Å². The molecule has 19 heavy (non-hydrogen) atoms. The third-order valence-electron chi connectivity index (χ3n) is 2.56. The van der Waals surface area contributed by atoms with Crippen LogP contribution in [0.2, 0.25) is 0 Å². The summed E-state index contributed by atoms with van der Waals surface area (Å²) in [5.74, 6) is -1.06. The lowest BCUT2D eigenvalue weighted by Crippen LogP contribution is -2.36. The van der Waals surface area contributed by atoms with E-state index in [4.69, 9.17) is 5.11 Å². The Morgan fingerprint density at radius 2 is 2.11 bits per heavy atom. The number of carboxylic acids is 1. The highest BCUT2D eigenvalue weighted by molar-refractivity contribution is 14.1. The number of carbonyl (C=O) groups is 2. The number of rotatable bonds is 5. The maximum absolute atomic E-state index is 11.7. The minimum Gasteiger partial charge on any atom is -0.478 e. The highest BCUT2D eigenvalue weighted by Gasteiger charge is 2.13. The lowest BCUT2D eigenvalue weighted by atomic mass is 10.2. The van der Waals surface area contributed by atoms with E-state index in [0.717, 1.165) is 16.4 Å². The van der Waals surface area contributed by atoms with E-state index >= 15 is 0 Å². The highest BCUT2D eigenvalue weighted by atomic mass is 127. The van der Waals surface area contributed by atoms with Gasteiger partial charge in [0.05, 0.1) is 11.3 Å². The van der Waals surface area contributed by atoms with Crippen molar-refractivity contribution in [2.45, 2.75) is 32.7 Å². The Bertz CT molecular complexity index is 477. The number of nitrogens with one attached hydrogen (secondary N) is 2. The van der Waals surface area contributed by atoms with Crippen molar-refractivity contribution < 1.29 is 14.7 Å². The van der Waals surface area contributed by atoms with E-state index in [1.54, 1.807) is 12.1 Å². The predicted molar refractivity (Wildman–Crippen MR) is 82.6 cm³/mol. The molecule has 1 aromatic carbocycles. The van der Waals surface area contributed by atoms with E-state index in [9.17, 15) is 9.59 Å². The molecule has 0 radical (unpaired) electrons. The molecule has 0 bridgehead atoms. The number of hydrogen-bond donors (Lipinski definition) is 3. The monoisotopic (exact) mass is 376 g/mol. The van der Waals surface area contributed by atoms with Crippen molar-refractivity contribution in [3.8, 4) is 0 Å². The van der Waals surface area contributed by atoms with Gasteiger partial charge in [0.15, 0.2) is 0 Å². The molecule has 0 aliphatic carbocycles. The van der Waals surface area contributed by atoms with E-state index in [1.165, 1.54) is 6.07 Å². The van der Waals surface area contributed by atoms with Gasteiger partial charge < -0.3 is 15.7 Å². The molecule has 1 unspecified atom stereocenters. The van der Waals surface area contributed by atoms with Crippen LogP contribution in [0.3, 0.4) is 0 Å². The van der Waals surface area contributed by atoms with Gasteiger partial charge in [-0.05, 0) is 54.1 Å². The first kappa shape index (κ1) is 15.7. The number of amides is 2. The summed E-state index contributed by atoms with van der Waals surface area (Å²) in [6.07, 6.45) is 1.86. The van der Waals surface area contributed by atoms with Gasteiger partial charge in [-0.2, -0.15) is 0 Å². The van der Waals surface area contributed by atoms with Crippen LogP contribution in [-0.4, -0.2) is 23.1 Å². The Morgan fingerprint density at radius 3 is 2.68 bits per heavy atom. The normalized spacial score (nSPS) is 11.7. The molecule has 0 fully saturated rings. The topological polar surface area (TPSA) is 78.4 Å². The molecular formula is C13H17IN2O3. The first-order chi connectivity index (χ1) is 8.93. The molecular weight excluding hydrogens is 359 g/mol. The van der Waals surface area contributed by atoms with Crippen LogP contribution >= 0.6 is 22.6 Å². The fourth-order valence-electron chi connectivity index (χ4n) is 1.69. The Hall–Kier alpha value is -1.31. The average Bonchev–Trinajstić information content (AvgIpc) is 2.31. The molecule has 0 saturated heterocycles. The van der Waals surface area contributed by atoms with Gasteiger partial charge >= 0.3 is 12.0 Å². The zero-order valence-corrected chi connectivity index (χ0v) is 13.0. The van der Waals surface area contributed by atoms with Crippen LogP contribution in [0.1, 0.15) is 37.0 Å². The number of urea groups is 1. The molecule has 5 nitrogen and oxygen atoms in total. The largest absolute Gasteiger partial charge is 0.478 e. The number of benzene rings is 1. The van der Waals surface area contributed by atoms with Crippen molar-refractivity contribution in [2.24, 2.45) is 0 Å². The first-order valence-electron chi connectivity index (χ1n) is 6.04. The summed E-state index contributed by atoms with van der Waals surface area (Å²) in [6, 6.07) is 4.54. The van der Waals surface area contributed by atoms with E-state index in [2.05, 4.69) is 10.6 Å². The van der Waals surface area contributed by atoms with Crippen LogP contribution in [0.4, 0.5) is 10.5 Å². The van der Waals surface area contributed by atoms with Gasteiger partial charge in [0.25, 0.3) is 0 Å². The molecule has 1 atom stereocenters. The summed E-state index contributed by atoms with van der Waals surface area (Å²) in [5, 5.41) is 14.4. The molecule has 1 rings (SSSR count). The van der Waals surface area contributed by atoms with Crippen LogP contribution < -0.4 is 10.6 Å². The Labute approximate surface area is 125 Å². The number of carboxylic acid groups (broad SMARTS) is 1. The van der Waals surface area contributed by atoms with Crippen LogP contribution in [0, 0.1) is 3.57 Å². The number of anilines is 1. The third kappa shape index (κ3) is 5.06. The van der Waals surface area contributed by atoms with Gasteiger partial charge in [-0.15, -0.1) is 0 Å². The predicted octanol–water partition coefficient (Wildman–Crippen LogP) is 3.30. The third-order valence-corrected chi connectivity index (χ3v) is 3.23. The molecule has 1 aromatic rings. The van der Waals surface area contributed by atoms with E-state index < -0.39 is 5.97 Å². The number of halogens is 1. The van der Waals surface area contributed by atoms with Crippen molar-refractivity contribution >= 4 is 40.3 Å². The zero-order valence-electron chi connectivity index (χ0n) is 10.9. The van der Waals surface area contributed by atoms with Gasteiger partial charge in [0.2, 0.25) is 0 Å². The summed E-state index contributed by atoms with van der Waals surface area (Å²) in [4.78, 5) is 22.8. The second kappa shape index (κ2) is 7.32. The van der Waals surface area contributed by atoms with Crippen molar-refractivity contribution in [3.63, 3.8) is 0 Å². The van der Waals surface area contributed by atoms with Gasteiger partial charge in [0, 0.05) is 9.61 Å². The second-order valence-electron chi connectivity index (χ2n) is 4.28. The minimum absolute atomic E-state index is 0.0575. The number of aromatic carboxylic acids is 1. The molecule has 0 aromatic heterocycles. The van der Waals surface area contributed by atoms with Gasteiger partial charge in [-0.25, -0.2) is 9.59 Å². The summed E-state index contributed by atoms with van der Waals surface area (Å²) in [7, 11) is 0. The lowest BCUT2D eigenvalue weighted by molar-refractivity contribution is 0.0698. The smallest absolute Gasteiger partial charge is 0.337 e. The SMILES string of the molecule is CCCC(C)NC(=O)Nc1ccc(I)cc1C(=O)O. The fourth-order valence-corrected chi connectivity index (χ4v) is 2.18. The van der Waals surface area contributed by atoms with Gasteiger partial charge in [-0.3, -0.25) is 0 Å². The van der Waals surface area contributed by atoms with Gasteiger partial charge in [0.1, 0.15) is 0 Å². The quantitative estimate of drug-likeness (QED) is 0.690. The molecule has 0 spiro atoms. The molecule has 0 heterocycles. The molecule has 0 saturated carbocycles. The number of carbonyl (C=O) groups excluding carboxylic acids is 1.